The Morgan fingerprint density at radius 1 is 1.35 bits per heavy atom. The molecule has 5 nitrogen and oxygen atoms in total. The Labute approximate surface area is 123 Å². The first-order valence-corrected chi connectivity index (χ1v) is 9.23. The van der Waals surface area contributed by atoms with E-state index in [9.17, 15) is 13.2 Å². The molecule has 1 N–H and O–H groups in total. The zero-order chi connectivity index (χ0) is 14.2. The molecule has 2 heterocycles. The summed E-state index contributed by atoms with van der Waals surface area (Å²) >= 11 is 1.22. The number of nitrogens with zero attached hydrogens (tertiary/aromatic N) is 1. The third-order valence-corrected chi connectivity index (χ3v) is 7.01. The van der Waals surface area contributed by atoms with Crippen molar-refractivity contribution in [3.8, 4) is 0 Å². The van der Waals surface area contributed by atoms with E-state index in [0.29, 0.717) is 23.3 Å². The summed E-state index contributed by atoms with van der Waals surface area (Å²) in [6.45, 7) is 0.812. The first-order valence-electron chi connectivity index (χ1n) is 6.91. The van der Waals surface area contributed by atoms with E-state index in [2.05, 4.69) is 5.32 Å². The minimum atomic E-state index is -3.43. The summed E-state index contributed by atoms with van der Waals surface area (Å²) in [5, 5.41) is 4.73. The molecule has 2 fully saturated rings. The first kappa shape index (κ1) is 14.0. The molecule has 1 atom stereocenters. The molecular weight excluding hydrogens is 296 g/mol. The molecule has 2 aliphatic rings. The number of rotatable bonds is 4. The number of nitrogens with one attached hydrogen (secondary N) is 1. The molecule has 1 unspecified atom stereocenters. The molecule has 0 radical (unpaired) electrons. The Hall–Kier alpha value is -0.920. The summed E-state index contributed by atoms with van der Waals surface area (Å²) in [7, 11) is -3.43. The van der Waals surface area contributed by atoms with Crippen molar-refractivity contribution in [3.63, 3.8) is 0 Å². The summed E-state index contributed by atoms with van der Waals surface area (Å²) in [5.74, 6) is -0.197. The summed E-state index contributed by atoms with van der Waals surface area (Å²) in [5.41, 5.74) is 0. The molecule has 110 valence electrons. The highest BCUT2D eigenvalue weighted by Crippen LogP contribution is 2.27. The van der Waals surface area contributed by atoms with Crippen LogP contribution in [0.5, 0.6) is 0 Å². The van der Waals surface area contributed by atoms with E-state index in [0.717, 1.165) is 25.7 Å². The quantitative estimate of drug-likeness (QED) is 0.914. The average Bonchev–Trinajstić information content (AvgIpc) is 3.08. The Balaban J connectivity index is 1.69. The molecule has 1 saturated heterocycles. The molecule has 3 rings (SSSR count). The minimum Gasteiger partial charge on any atom is -0.353 e. The van der Waals surface area contributed by atoms with Gasteiger partial charge in [-0.1, -0.05) is 6.07 Å². The smallest absolute Gasteiger partial charge is 0.252 e. The van der Waals surface area contributed by atoms with Crippen LogP contribution < -0.4 is 5.32 Å². The van der Waals surface area contributed by atoms with Gasteiger partial charge in [-0.15, -0.1) is 11.3 Å². The highest BCUT2D eigenvalue weighted by Gasteiger charge is 2.35. The maximum atomic E-state index is 12.5. The van der Waals surface area contributed by atoms with Gasteiger partial charge in [0.25, 0.3) is 10.0 Å². The Morgan fingerprint density at radius 2 is 2.15 bits per heavy atom. The van der Waals surface area contributed by atoms with Crippen LogP contribution in [0.1, 0.15) is 25.7 Å². The number of thiophene rings is 1. The highest BCUT2D eigenvalue weighted by molar-refractivity contribution is 7.91. The van der Waals surface area contributed by atoms with Crippen molar-refractivity contribution in [1.29, 1.82) is 0 Å². The van der Waals surface area contributed by atoms with Crippen LogP contribution in [0.4, 0.5) is 0 Å². The van der Waals surface area contributed by atoms with Crippen LogP contribution in [-0.2, 0) is 14.8 Å². The van der Waals surface area contributed by atoms with Crippen LogP contribution in [0.3, 0.4) is 0 Å². The van der Waals surface area contributed by atoms with Crippen molar-refractivity contribution < 1.29 is 13.2 Å². The van der Waals surface area contributed by atoms with E-state index in [1.807, 2.05) is 0 Å². The number of carbonyl (C=O) groups excluding carboxylic acids is 1. The molecule has 1 aliphatic heterocycles. The lowest BCUT2D eigenvalue weighted by Crippen LogP contribution is -2.45. The molecule has 7 heteroatoms. The third-order valence-electron chi connectivity index (χ3n) is 3.77. The molecule has 1 aromatic rings. The Kier molecular flexibility index (Phi) is 3.83. The summed E-state index contributed by atoms with van der Waals surface area (Å²) in [6.07, 6.45) is 3.62. The van der Waals surface area contributed by atoms with Crippen molar-refractivity contribution in [2.75, 3.05) is 13.1 Å². The van der Waals surface area contributed by atoms with Crippen molar-refractivity contribution in [2.45, 2.75) is 35.9 Å². The highest BCUT2D eigenvalue weighted by atomic mass is 32.2. The summed E-state index contributed by atoms with van der Waals surface area (Å²) in [4.78, 5) is 12.1. The second-order valence-electron chi connectivity index (χ2n) is 5.42. The number of carbonyl (C=O) groups is 1. The van der Waals surface area contributed by atoms with E-state index in [-0.39, 0.29) is 11.8 Å². The van der Waals surface area contributed by atoms with Crippen LogP contribution in [0, 0.1) is 5.92 Å². The summed E-state index contributed by atoms with van der Waals surface area (Å²) < 4.78 is 26.7. The Bertz CT molecular complexity index is 579. The molecule has 0 spiro atoms. The van der Waals surface area contributed by atoms with Gasteiger partial charge in [0, 0.05) is 19.1 Å². The fourth-order valence-electron chi connectivity index (χ4n) is 2.46. The zero-order valence-electron chi connectivity index (χ0n) is 11.1. The lowest BCUT2D eigenvalue weighted by atomic mass is 9.99. The number of hydrogen-bond acceptors (Lipinski definition) is 4. The fourth-order valence-corrected chi connectivity index (χ4v) is 5.13. The van der Waals surface area contributed by atoms with Gasteiger partial charge >= 0.3 is 0 Å². The second kappa shape index (κ2) is 5.46. The predicted octanol–water partition coefficient (Wildman–Crippen LogP) is 1.43. The molecule has 1 amide bonds. The first-order chi connectivity index (χ1) is 9.57. The van der Waals surface area contributed by atoms with Gasteiger partial charge in [0.15, 0.2) is 0 Å². The van der Waals surface area contributed by atoms with E-state index < -0.39 is 10.0 Å². The molecule has 1 aromatic heterocycles. The van der Waals surface area contributed by atoms with E-state index in [1.165, 1.54) is 15.6 Å². The number of hydrogen-bond donors (Lipinski definition) is 1. The van der Waals surface area contributed by atoms with Gasteiger partial charge in [-0.3, -0.25) is 4.79 Å². The van der Waals surface area contributed by atoms with Gasteiger partial charge < -0.3 is 5.32 Å². The monoisotopic (exact) mass is 314 g/mol. The van der Waals surface area contributed by atoms with Gasteiger partial charge in [-0.25, -0.2) is 8.42 Å². The third kappa shape index (κ3) is 2.89. The van der Waals surface area contributed by atoms with Gasteiger partial charge in [0.1, 0.15) is 4.21 Å². The topological polar surface area (TPSA) is 66.5 Å². The minimum absolute atomic E-state index is 0.0126. The van der Waals surface area contributed by atoms with Crippen LogP contribution in [0.2, 0.25) is 0 Å². The predicted molar refractivity (Wildman–Crippen MR) is 77.0 cm³/mol. The Morgan fingerprint density at radius 3 is 2.80 bits per heavy atom. The average molecular weight is 314 g/mol. The lowest BCUT2D eigenvalue weighted by molar-refractivity contribution is -0.126. The van der Waals surface area contributed by atoms with Crippen molar-refractivity contribution in [2.24, 2.45) is 5.92 Å². The number of sulfonamides is 1. The van der Waals surface area contributed by atoms with Gasteiger partial charge in [0.2, 0.25) is 5.91 Å². The SMILES string of the molecule is O=C(NC1CC1)C1CCCN(S(=O)(=O)c2cccs2)C1. The second-order valence-corrected chi connectivity index (χ2v) is 8.53. The lowest BCUT2D eigenvalue weighted by Gasteiger charge is -2.30. The molecule has 1 aliphatic carbocycles. The van der Waals surface area contributed by atoms with Crippen LogP contribution in [0.25, 0.3) is 0 Å². The molecule has 1 saturated carbocycles. The van der Waals surface area contributed by atoms with Gasteiger partial charge in [-0.05, 0) is 37.1 Å². The molecular formula is C13H18N2O3S2. The maximum Gasteiger partial charge on any atom is 0.252 e. The van der Waals surface area contributed by atoms with Gasteiger partial charge in [0.05, 0.1) is 5.92 Å². The number of piperidine rings is 1. The molecule has 0 aromatic carbocycles. The van der Waals surface area contributed by atoms with Crippen molar-refractivity contribution in [1.82, 2.24) is 9.62 Å². The molecule has 0 bridgehead atoms. The fraction of sp³-hybridized carbons (Fsp3) is 0.615. The maximum absolute atomic E-state index is 12.5. The van der Waals surface area contributed by atoms with Crippen LogP contribution in [-0.4, -0.2) is 37.8 Å². The van der Waals surface area contributed by atoms with Crippen molar-refractivity contribution >= 4 is 27.3 Å². The van der Waals surface area contributed by atoms with Gasteiger partial charge in [-0.2, -0.15) is 4.31 Å². The molecule has 20 heavy (non-hydrogen) atoms. The normalized spacial score (nSPS) is 24.5. The van der Waals surface area contributed by atoms with E-state index in [4.69, 9.17) is 0 Å². The van der Waals surface area contributed by atoms with E-state index >= 15 is 0 Å². The largest absolute Gasteiger partial charge is 0.353 e. The number of amides is 1. The van der Waals surface area contributed by atoms with E-state index in [1.54, 1.807) is 17.5 Å². The van der Waals surface area contributed by atoms with Crippen LogP contribution in [0.15, 0.2) is 21.7 Å². The summed E-state index contributed by atoms with van der Waals surface area (Å²) in [6, 6.07) is 3.68. The zero-order valence-corrected chi connectivity index (χ0v) is 12.8. The van der Waals surface area contributed by atoms with Crippen molar-refractivity contribution in [3.05, 3.63) is 17.5 Å². The van der Waals surface area contributed by atoms with Crippen LogP contribution >= 0.6 is 11.3 Å². The standard InChI is InChI=1S/C13H18N2O3S2/c16-13(14-11-5-6-11)10-3-1-7-15(9-10)20(17,18)12-4-2-8-19-12/h2,4,8,10-11H,1,3,5-7,9H2,(H,14,16).